The molecule has 1 amide bonds. The Kier molecular flexibility index (Phi) is 4.15. The average molecular weight is 348 g/mol. The summed E-state index contributed by atoms with van der Waals surface area (Å²) >= 11 is 7.65. The molecule has 2 N–H and O–H groups in total. The maximum absolute atomic E-state index is 12.5. The first kappa shape index (κ1) is 15.6. The highest BCUT2D eigenvalue weighted by Crippen LogP contribution is 2.38. The maximum atomic E-state index is 12.5. The van der Waals surface area contributed by atoms with Crippen LogP contribution in [-0.4, -0.2) is 18.1 Å². The van der Waals surface area contributed by atoms with Crippen LogP contribution in [0, 0.1) is 6.92 Å². The second kappa shape index (κ2) is 6.10. The summed E-state index contributed by atoms with van der Waals surface area (Å²) in [5, 5.41) is 13.7. The molecular weight excluding hydrogens is 334 g/mol. The highest BCUT2D eigenvalue weighted by molar-refractivity contribution is 7.21. The van der Waals surface area contributed by atoms with Crippen molar-refractivity contribution in [1.82, 2.24) is 0 Å². The minimum Gasteiger partial charge on any atom is -0.506 e. The molecule has 0 spiro atoms. The second-order valence-electron chi connectivity index (χ2n) is 5.08. The Morgan fingerprint density at radius 2 is 2.04 bits per heavy atom. The van der Waals surface area contributed by atoms with Gasteiger partial charge in [-0.3, -0.25) is 4.79 Å². The molecule has 0 saturated heterocycles. The fourth-order valence-corrected chi connectivity index (χ4v) is 3.63. The van der Waals surface area contributed by atoms with Crippen LogP contribution in [0.1, 0.15) is 15.2 Å². The molecule has 0 radical (unpaired) electrons. The van der Waals surface area contributed by atoms with E-state index >= 15 is 0 Å². The third-order valence-corrected chi connectivity index (χ3v) is 5.12. The van der Waals surface area contributed by atoms with Gasteiger partial charge in [-0.15, -0.1) is 11.3 Å². The number of fused-ring (bicyclic) bond motifs is 1. The van der Waals surface area contributed by atoms with Gasteiger partial charge in [-0.2, -0.15) is 0 Å². The number of anilines is 1. The average Bonchev–Trinajstić information content (AvgIpc) is 2.87. The molecule has 0 aliphatic heterocycles. The number of carbonyl (C=O) groups is 1. The van der Waals surface area contributed by atoms with Crippen molar-refractivity contribution in [3.63, 3.8) is 0 Å². The first-order valence-electron chi connectivity index (χ1n) is 6.86. The van der Waals surface area contributed by atoms with Gasteiger partial charge in [0.2, 0.25) is 0 Å². The number of nitrogens with one attached hydrogen (secondary N) is 1. The van der Waals surface area contributed by atoms with Gasteiger partial charge in [0.05, 0.1) is 17.8 Å². The van der Waals surface area contributed by atoms with Gasteiger partial charge < -0.3 is 15.2 Å². The van der Waals surface area contributed by atoms with Crippen molar-refractivity contribution < 1.29 is 14.6 Å². The lowest BCUT2D eigenvalue weighted by molar-refractivity contribution is 0.103. The van der Waals surface area contributed by atoms with E-state index < -0.39 is 0 Å². The Morgan fingerprint density at radius 3 is 2.78 bits per heavy atom. The minimum absolute atomic E-state index is 0.0165. The van der Waals surface area contributed by atoms with E-state index in [9.17, 15) is 9.90 Å². The molecule has 0 aliphatic carbocycles. The van der Waals surface area contributed by atoms with E-state index in [0.29, 0.717) is 21.3 Å². The van der Waals surface area contributed by atoms with Gasteiger partial charge in [-0.1, -0.05) is 17.7 Å². The number of ether oxygens (including phenoxy) is 1. The monoisotopic (exact) mass is 347 g/mol. The van der Waals surface area contributed by atoms with Gasteiger partial charge in [0.15, 0.2) is 0 Å². The third-order valence-electron chi connectivity index (χ3n) is 3.44. The van der Waals surface area contributed by atoms with Crippen molar-refractivity contribution in [2.75, 3.05) is 12.4 Å². The smallest absolute Gasteiger partial charge is 0.267 e. The number of rotatable bonds is 3. The van der Waals surface area contributed by atoms with E-state index in [4.69, 9.17) is 16.3 Å². The van der Waals surface area contributed by atoms with Crippen molar-refractivity contribution in [3.05, 3.63) is 51.9 Å². The zero-order chi connectivity index (χ0) is 16.6. The molecule has 3 aromatic rings. The van der Waals surface area contributed by atoms with E-state index in [1.54, 1.807) is 31.4 Å². The number of aryl methyl sites for hydroxylation is 1. The lowest BCUT2D eigenvalue weighted by Gasteiger charge is -2.07. The first-order valence-corrected chi connectivity index (χ1v) is 8.06. The number of methoxy groups -OCH3 is 1. The summed E-state index contributed by atoms with van der Waals surface area (Å²) < 4.78 is 6.08. The van der Waals surface area contributed by atoms with Crippen molar-refractivity contribution in [2.24, 2.45) is 0 Å². The van der Waals surface area contributed by atoms with Gasteiger partial charge in [0, 0.05) is 10.1 Å². The zero-order valence-corrected chi connectivity index (χ0v) is 14.1. The number of aromatic hydroxyl groups is 1. The van der Waals surface area contributed by atoms with Crippen LogP contribution in [0.5, 0.6) is 11.5 Å². The van der Waals surface area contributed by atoms with Crippen LogP contribution in [0.4, 0.5) is 5.69 Å². The molecule has 0 unspecified atom stereocenters. The molecule has 1 aromatic heterocycles. The van der Waals surface area contributed by atoms with Gasteiger partial charge in [0.1, 0.15) is 16.4 Å². The van der Waals surface area contributed by atoms with Gasteiger partial charge in [-0.05, 0) is 42.8 Å². The number of carbonyl (C=O) groups excluding carboxylic acids is 1. The molecule has 0 atom stereocenters. The van der Waals surface area contributed by atoms with Crippen molar-refractivity contribution in [2.45, 2.75) is 6.92 Å². The molecule has 3 rings (SSSR count). The van der Waals surface area contributed by atoms with Crippen molar-refractivity contribution in [1.29, 1.82) is 0 Å². The first-order chi connectivity index (χ1) is 11.0. The van der Waals surface area contributed by atoms with Crippen LogP contribution in [0.3, 0.4) is 0 Å². The van der Waals surface area contributed by atoms with Crippen LogP contribution in [0.2, 0.25) is 5.02 Å². The van der Waals surface area contributed by atoms with E-state index in [1.165, 1.54) is 11.3 Å². The topological polar surface area (TPSA) is 58.6 Å². The Hall–Kier alpha value is -2.24. The minimum atomic E-state index is -0.351. The quantitative estimate of drug-likeness (QED) is 0.667. The molecule has 23 heavy (non-hydrogen) atoms. The van der Waals surface area contributed by atoms with Crippen LogP contribution >= 0.6 is 22.9 Å². The summed E-state index contributed by atoms with van der Waals surface area (Å²) in [6.45, 7) is 1.88. The number of thiophene rings is 1. The normalized spacial score (nSPS) is 10.7. The SMILES string of the molecule is COc1ccc2sc(C(=O)Nc3cc(C)ccc3O)c(Cl)c2c1. The lowest BCUT2D eigenvalue weighted by Crippen LogP contribution is -2.10. The van der Waals surface area contributed by atoms with Crippen molar-refractivity contribution >= 4 is 44.6 Å². The Balaban J connectivity index is 1.97. The Morgan fingerprint density at radius 1 is 1.26 bits per heavy atom. The van der Waals surface area contributed by atoms with Crippen LogP contribution in [0.15, 0.2) is 36.4 Å². The second-order valence-corrected chi connectivity index (χ2v) is 6.51. The molecule has 4 nitrogen and oxygen atoms in total. The Labute approximate surface area is 142 Å². The molecule has 0 saturated carbocycles. The molecule has 2 aromatic carbocycles. The number of hydrogen-bond acceptors (Lipinski definition) is 4. The van der Waals surface area contributed by atoms with Gasteiger partial charge in [-0.25, -0.2) is 0 Å². The van der Waals surface area contributed by atoms with E-state index in [0.717, 1.165) is 15.6 Å². The summed E-state index contributed by atoms with van der Waals surface area (Å²) in [7, 11) is 1.58. The molecule has 118 valence electrons. The lowest BCUT2D eigenvalue weighted by atomic mass is 10.2. The summed E-state index contributed by atoms with van der Waals surface area (Å²) in [6, 6.07) is 10.5. The number of benzene rings is 2. The predicted octanol–water partition coefficient (Wildman–Crippen LogP) is 4.83. The number of amides is 1. The third kappa shape index (κ3) is 2.98. The standard InChI is InChI=1S/C17H14ClNO3S/c1-9-3-5-13(20)12(7-9)19-17(21)16-15(18)11-8-10(22-2)4-6-14(11)23-16/h3-8,20H,1-2H3,(H,19,21). The van der Waals surface area contributed by atoms with Crippen LogP contribution < -0.4 is 10.1 Å². The van der Waals surface area contributed by atoms with E-state index in [1.807, 2.05) is 19.1 Å². The largest absolute Gasteiger partial charge is 0.506 e. The van der Waals surface area contributed by atoms with Crippen LogP contribution in [-0.2, 0) is 0 Å². The molecular formula is C17H14ClNO3S. The van der Waals surface area contributed by atoms with Gasteiger partial charge in [0.25, 0.3) is 5.91 Å². The van der Waals surface area contributed by atoms with E-state index in [-0.39, 0.29) is 11.7 Å². The highest BCUT2D eigenvalue weighted by Gasteiger charge is 2.18. The fraction of sp³-hybridized carbons (Fsp3) is 0.118. The molecule has 0 bridgehead atoms. The van der Waals surface area contributed by atoms with Gasteiger partial charge >= 0.3 is 0 Å². The molecule has 0 aliphatic rings. The van der Waals surface area contributed by atoms with Crippen molar-refractivity contribution in [3.8, 4) is 11.5 Å². The summed E-state index contributed by atoms with van der Waals surface area (Å²) in [6.07, 6.45) is 0. The summed E-state index contributed by atoms with van der Waals surface area (Å²) in [5.74, 6) is 0.347. The molecule has 6 heteroatoms. The number of phenols is 1. The summed E-state index contributed by atoms with van der Waals surface area (Å²) in [4.78, 5) is 12.9. The number of halogens is 1. The summed E-state index contributed by atoms with van der Waals surface area (Å²) in [5.41, 5.74) is 1.30. The number of hydrogen-bond donors (Lipinski definition) is 2. The maximum Gasteiger partial charge on any atom is 0.267 e. The van der Waals surface area contributed by atoms with E-state index in [2.05, 4.69) is 5.32 Å². The number of phenolic OH excluding ortho intramolecular Hbond substituents is 1. The Bertz CT molecular complexity index is 904. The van der Waals surface area contributed by atoms with Crippen LogP contribution in [0.25, 0.3) is 10.1 Å². The molecule has 0 fully saturated rings. The zero-order valence-electron chi connectivity index (χ0n) is 12.5. The molecule has 1 heterocycles. The predicted molar refractivity (Wildman–Crippen MR) is 94.2 cm³/mol. The fourth-order valence-electron chi connectivity index (χ4n) is 2.25. The highest BCUT2D eigenvalue weighted by atomic mass is 35.5.